The summed E-state index contributed by atoms with van der Waals surface area (Å²) in [6.45, 7) is 8.75. The van der Waals surface area contributed by atoms with Gasteiger partial charge < -0.3 is 5.32 Å². The number of aromatic nitrogens is 1. The molecular formula is C15H22BrN3O. The average molecular weight is 340 g/mol. The first-order chi connectivity index (χ1) is 9.38. The first kappa shape index (κ1) is 15.4. The summed E-state index contributed by atoms with van der Waals surface area (Å²) in [5.74, 6) is -0.0910. The Morgan fingerprint density at radius 3 is 2.60 bits per heavy atom. The van der Waals surface area contributed by atoms with Gasteiger partial charge >= 0.3 is 0 Å². The fourth-order valence-corrected chi connectivity index (χ4v) is 2.94. The standard InChI is InChI=1S/C15H22BrN3O/c1-15(2,3)19-9-6-11(7-10-19)18-14(20)13-12(16)5-4-8-17-13/h4-5,8,11H,6-7,9-10H2,1-3H3,(H,18,20). The van der Waals surface area contributed by atoms with E-state index in [2.05, 4.69) is 51.9 Å². The van der Waals surface area contributed by atoms with Crippen molar-refractivity contribution in [3.05, 3.63) is 28.5 Å². The molecule has 1 aliphatic heterocycles. The maximum atomic E-state index is 12.2. The van der Waals surface area contributed by atoms with E-state index in [1.54, 1.807) is 6.20 Å². The summed E-state index contributed by atoms with van der Waals surface area (Å²) in [7, 11) is 0. The third-order valence-corrected chi connectivity index (χ3v) is 4.39. The minimum atomic E-state index is -0.0910. The highest BCUT2D eigenvalue weighted by Crippen LogP contribution is 2.20. The second kappa shape index (κ2) is 6.22. The molecule has 4 nitrogen and oxygen atoms in total. The molecule has 2 heterocycles. The van der Waals surface area contributed by atoms with Gasteiger partial charge in [-0.15, -0.1) is 0 Å². The Bertz CT molecular complexity index is 476. The van der Waals surface area contributed by atoms with Gasteiger partial charge in [0.25, 0.3) is 5.91 Å². The minimum absolute atomic E-state index is 0.0910. The van der Waals surface area contributed by atoms with E-state index in [-0.39, 0.29) is 17.5 Å². The van der Waals surface area contributed by atoms with Crippen LogP contribution < -0.4 is 5.32 Å². The average Bonchev–Trinajstić information content (AvgIpc) is 2.38. The monoisotopic (exact) mass is 339 g/mol. The molecule has 1 saturated heterocycles. The molecule has 1 N–H and O–H groups in total. The molecule has 0 aliphatic carbocycles. The van der Waals surface area contributed by atoms with Crippen LogP contribution in [0.15, 0.2) is 22.8 Å². The maximum Gasteiger partial charge on any atom is 0.271 e. The number of pyridine rings is 1. The summed E-state index contributed by atoms with van der Waals surface area (Å²) in [4.78, 5) is 18.8. The van der Waals surface area contributed by atoms with Gasteiger partial charge in [0, 0.05) is 35.3 Å². The number of hydrogen-bond donors (Lipinski definition) is 1. The lowest BCUT2D eigenvalue weighted by Gasteiger charge is -2.41. The van der Waals surface area contributed by atoms with E-state index in [9.17, 15) is 4.79 Å². The van der Waals surface area contributed by atoms with E-state index >= 15 is 0 Å². The second-order valence-electron chi connectivity index (χ2n) is 6.24. The molecule has 1 aromatic rings. The van der Waals surface area contributed by atoms with E-state index in [0.717, 1.165) is 30.4 Å². The third-order valence-electron chi connectivity index (χ3n) is 3.75. The van der Waals surface area contributed by atoms with Gasteiger partial charge in [-0.25, -0.2) is 4.98 Å². The number of carbonyl (C=O) groups is 1. The number of carbonyl (C=O) groups excluding carboxylic acids is 1. The SMILES string of the molecule is CC(C)(C)N1CCC(NC(=O)c2ncccc2Br)CC1. The van der Waals surface area contributed by atoms with Crippen molar-refractivity contribution in [3.8, 4) is 0 Å². The topological polar surface area (TPSA) is 45.2 Å². The van der Waals surface area contributed by atoms with Crippen molar-refractivity contribution >= 4 is 21.8 Å². The van der Waals surface area contributed by atoms with Crippen LogP contribution >= 0.6 is 15.9 Å². The fourth-order valence-electron chi connectivity index (χ4n) is 2.50. The number of hydrogen-bond acceptors (Lipinski definition) is 3. The van der Waals surface area contributed by atoms with Crippen LogP contribution in [0.25, 0.3) is 0 Å². The van der Waals surface area contributed by atoms with E-state index in [1.807, 2.05) is 12.1 Å². The Morgan fingerprint density at radius 1 is 1.40 bits per heavy atom. The molecule has 0 bridgehead atoms. The van der Waals surface area contributed by atoms with E-state index in [1.165, 1.54) is 0 Å². The van der Waals surface area contributed by atoms with Crippen molar-refractivity contribution < 1.29 is 4.79 Å². The molecule has 0 aromatic carbocycles. The summed E-state index contributed by atoms with van der Waals surface area (Å²) in [5, 5.41) is 3.09. The van der Waals surface area contributed by atoms with Gasteiger partial charge in [0.05, 0.1) is 0 Å². The summed E-state index contributed by atoms with van der Waals surface area (Å²) in [5.41, 5.74) is 0.671. The Morgan fingerprint density at radius 2 is 2.05 bits per heavy atom. The summed E-state index contributed by atoms with van der Waals surface area (Å²) in [6.07, 6.45) is 3.63. The quantitative estimate of drug-likeness (QED) is 0.901. The van der Waals surface area contributed by atoms with Gasteiger partial charge in [-0.05, 0) is 61.7 Å². The molecule has 0 radical (unpaired) electrons. The normalized spacial score (nSPS) is 18.0. The first-order valence-electron chi connectivity index (χ1n) is 7.04. The van der Waals surface area contributed by atoms with Gasteiger partial charge in [0.15, 0.2) is 0 Å². The van der Waals surface area contributed by atoms with Gasteiger partial charge in [0.2, 0.25) is 0 Å². The summed E-state index contributed by atoms with van der Waals surface area (Å²) >= 11 is 3.37. The van der Waals surface area contributed by atoms with Crippen molar-refractivity contribution in [2.24, 2.45) is 0 Å². The van der Waals surface area contributed by atoms with Crippen molar-refractivity contribution in [2.45, 2.75) is 45.2 Å². The number of rotatable bonds is 2. The molecule has 1 aromatic heterocycles. The molecular weight excluding hydrogens is 318 g/mol. The van der Waals surface area contributed by atoms with Gasteiger partial charge in [-0.2, -0.15) is 0 Å². The minimum Gasteiger partial charge on any atom is -0.348 e. The largest absolute Gasteiger partial charge is 0.348 e. The molecule has 0 spiro atoms. The second-order valence-corrected chi connectivity index (χ2v) is 7.09. The summed E-state index contributed by atoms with van der Waals surface area (Å²) in [6, 6.07) is 3.89. The van der Waals surface area contributed by atoms with Crippen molar-refractivity contribution in [1.29, 1.82) is 0 Å². The Balaban J connectivity index is 1.90. The number of amides is 1. The zero-order chi connectivity index (χ0) is 14.8. The van der Waals surface area contributed by atoms with Gasteiger partial charge in [-0.3, -0.25) is 9.69 Å². The molecule has 0 unspecified atom stereocenters. The fraction of sp³-hybridized carbons (Fsp3) is 0.600. The molecule has 2 rings (SSSR count). The summed E-state index contributed by atoms with van der Waals surface area (Å²) < 4.78 is 0.740. The maximum absolute atomic E-state index is 12.2. The zero-order valence-electron chi connectivity index (χ0n) is 12.3. The number of nitrogens with zero attached hydrogens (tertiary/aromatic N) is 2. The van der Waals surface area contributed by atoms with E-state index in [0.29, 0.717) is 5.69 Å². The van der Waals surface area contributed by atoms with Crippen molar-refractivity contribution in [1.82, 2.24) is 15.2 Å². The van der Waals surface area contributed by atoms with Crippen LogP contribution in [-0.2, 0) is 0 Å². The number of halogens is 1. The first-order valence-corrected chi connectivity index (χ1v) is 7.83. The van der Waals surface area contributed by atoms with Crippen LogP contribution in [0.3, 0.4) is 0 Å². The zero-order valence-corrected chi connectivity index (χ0v) is 13.9. The number of nitrogens with one attached hydrogen (secondary N) is 1. The predicted octanol–water partition coefficient (Wildman–Crippen LogP) is 2.84. The highest BCUT2D eigenvalue weighted by atomic mass is 79.9. The molecule has 1 amide bonds. The van der Waals surface area contributed by atoms with E-state index < -0.39 is 0 Å². The third kappa shape index (κ3) is 3.79. The predicted molar refractivity (Wildman–Crippen MR) is 83.8 cm³/mol. The molecule has 0 atom stereocenters. The Kier molecular flexibility index (Phi) is 4.81. The van der Waals surface area contributed by atoms with E-state index in [4.69, 9.17) is 0 Å². The molecule has 0 saturated carbocycles. The van der Waals surface area contributed by atoms with Gasteiger partial charge in [0.1, 0.15) is 5.69 Å². The lowest BCUT2D eigenvalue weighted by atomic mass is 9.98. The van der Waals surface area contributed by atoms with Gasteiger partial charge in [-0.1, -0.05) is 0 Å². The van der Waals surface area contributed by atoms with Crippen LogP contribution in [0.5, 0.6) is 0 Å². The highest BCUT2D eigenvalue weighted by molar-refractivity contribution is 9.10. The van der Waals surface area contributed by atoms with Crippen LogP contribution in [0.1, 0.15) is 44.1 Å². The Labute approximate surface area is 129 Å². The molecule has 110 valence electrons. The van der Waals surface area contributed by atoms with Crippen LogP contribution in [0.2, 0.25) is 0 Å². The van der Waals surface area contributed by atoms with Crippen LogP contribution in [0.4, 0.5) is 0 Å². The van der Waals surface area contributed by atoms with Crippen LogP contribution in [0, 0.1) is 0 Å². The Hall–Kier alpha value is -0.940. The lowest BCUT2D eigenvalue weighted by Crippen LogP contribution is -2.50. The molecule has 1 aliphatic rings. The van der Waals surface area contributed by atoms with Crippen molar-refractivity contribution in [3.63, 3.8) is 0 Å². The highest BCUT2D eigenvalue weighted by Gasteiger charge is 2.28. The number of likely N-dealkylation sites (tertiary alicyclic amines) is 1. The van der Waals surface area contributed by atoms with Crippen molar-refractivity contribution in [2.75, 3.05) is 13.1 Å². The van der Waals surface area contributed by atoms with Crippen LogP contribution in [-0.4, -0.2) is 40.5 Å². The molecule has 1 fully saturated rings. The smallest absolute Gasteiger partial charge is 0.271 e. The number of piperidine rings is 1. The lowest BCUT2D eigenvalue weighted by molar-refractivity contribution is 0.0808. The molecule has 5 heteroatoms. The molecule has 20 heavy (non-hydrogen) atoms.